The van der Waals surface area contributed by atoms with Crippen LogP contribution in [0, 0.1) is 0 Å². The molecule has 0 aromatic heterocycles. The topological polar surface area (TPSA) is 20.2 Å². The van der Waals surface area contributed by atoms with Gasteiger partial charge in [-0.05, 0) is 18.6 Å². The molecule has 0 unspecified atom stereocenters. The summed E-state index contributed by atoms with van der Waals surface area (Å²) in [7, 11) is 0. The number of aliphatic hydroxyl groups is 1. The molecule has 0 radical (unpaired) electrons. The van der Waals surface area contributed by atoms with E-state index in [1.807, 2.05) is 6.92 Å². The van der Waals surface area contributed by atoms with Gasteiger partial charge < -0.3 is 5.11 Å². The Morgan fingerprint density at radius 3 is 2.57 bits per heavy atom. The Morgan fingerprint density at radius 1 is 1.86 bits per heavy atom. The van der Waals surface area contributed by atoms with Crippen molar-refractivity contribution < 1.29 is 5.11 Å². The molecule has 0 bridgehead atoms. The highest BCUT2D eigenvalue weighted by molar-refractivity contribution is 5.05. The van der Waals surface area contributed by atoms with Crippen LogP contribution in [0.5, 0.6) is 0 Å². The fourth-order valence-corrected chi connectivity index (χ4v) is 0.292. The molecule has 0 aromatic carbocycles. The zero-order valence-corrected chi connectivity index (χ0v) is 4.52. The number of rotatable bonds is 2. The van der Waals surface area contributed by atoms with E-state index in [1.54, 1.807) is 6.08 Å². The average molecular weight is 98.1 g/mol. The zero-order chi connectivity index (χ0) is 5.70. The number of aliphatic hydroxyl groups excluding tert-OH is 1. The summed E-state index contributed by atoms with van der Waals surface area (Å²) in [4.78, 5) is 0. The largest absolute Gasteiger partial charge is 0.508 e. The molecule has 0 aliphatic heterocycles. The fourth-order valence-electron chi connectivity index (χ4n) is 0.292. The predicted molar refractivity (Wildman–Crippen MR) is 31.2 cm³/mol. The molecular weight excluding hydrogens is 88.1 g/mol. The first-order valence-electron chi connectivity index (χ1n) is 2.32. The predicted octanol–water partition coefficient (Wildman–Crippen LogP) is 2.02. The quantitative estimate of drug-likeness (QED) is 0.414. The minimum Gasteiger partial charge on any atom is -0.508 e. The van der Waals surface area contributed by atoms with Crippen molar-refractivity contribution in [2.75, 3.05) is 0 Å². The Bertz CT molecular complexity index is 82.2. The van der Waals surface area contributed by atoms with Gasteiger partial charge in [-0.3, -0.25) is 0 Å². The molecule has 0 fully saturated rings. The summed E-state index contributed by atoms with van der Waals surface area (Å²) in [6, 6.07) is 0. The van der Waals surface area contributed by atoms with E-state index in [2.05, 4.69) is 6.58 Å². The van der Waals surface area contributed by atoms with Crippen molar-refractivity contribution in [3.8, 4) is 0 Å². The molecule has 0 aromatic rings. The van der Waals surface area contributed by atoms with Crippen molar-refractivity contribution in [3.05, 3.63) is 24.5 Å². The average Bonchev–Trinajstić information content (AvgIpc) is 1.68. The van der Waals surface area contributed by atoms with E-state index < -0.39 is 0 Å². The molecule has 7 heavy (non-hydrogen) atoms. The maximum Gasteiger partial charge on any atom is 0.110 e. The minimum atomic E-state index is 0.266. The van der Waals surface area contributed by atoms with Crippen LogP contribution < -0.4 is 0 Å². The van der Waals surface area contributed by atoms with Crippen LogP contribution in [-0.2, 0) is 0 Å². The van der Waals surface area contributed by atoms with E-state index in [-0.39, 0.29) is 5.76 Å². The first kappa shape index (κ1) is 6.28. The summed E-state index contributed by atoms with van der Waals surface area (Å²) in [5, 5.41) is 8.60. The number of hydrogen-bond donors (Lipinski definition) is 1. The molecule has 0 rings (SSSR count). The molecule has 0 saturated heterocycles. The number of hydrogen-bond acceptors (Lipinski definition) is 1. The monoisotopic (exact) mass is 98.1 g/mol. The molecule has 0 spiro atoms. The summed E-state index contributed by atoms with van der Waals surface area (Å²) in [5.41, 5.74) is 0. The van der Waals surface area contributed by atoms with Crippen LogP contribution in [0.2, 0.25) is 0 Å². The lowest BCUT2D eigenvalue weighted by Crippen LogP contribution is -1.68. The molecule has 0 heterocycles. The van der Waals surface area contributed by atoms with Crippen molar-refractivity contribution >= 4 is 0 Å². The molecule has 0 saturated carbocycles. The van der Waals surface area contributed by atoms with Crippen LogP contribution in [0.4, 0.5) is 0 Å². The Hall–Kier alpha value is -0.720. The second kappa shape index (κ2) is 3.47. The Balaban J connectivity index is 3.49. The summed E-state index contributed by atoms with van der Waals surface area (Å²) < 4.78 is 0. The van der Waals surface area contributed by atoms with Crippen LogP contribution in [0.15, 0.2) is 24.5 Å². The SMILES string of the molecule is C=C/C(O)=C/CC. The molecule has 1 nitrogen and oxygen atoms in total. The minimum absolute atomic E-state index is 0.266. The van der Waals surface area contributed by atoms with Gasteiger partial charge in [-0.15, -0.1) is 0 Å². The van der Waals surface area contributed by atoms with Gasteiger partial charge in [0.1, 0.15) is 5.76 Å². The summed E-state index contributed by atoms with van der Waals surface area (Å²) in [6.07, 6.45) is 3.98. The zero-order valence-electron chi connectivity index (χ0n) is 4.52. The second-order valence-corrected chi connectivity index (χ2v) is 1.24. The molecule has 0 aliphatic carbocycles. The smallest absolute Gasteiger partial charge is 0.110 e. The highest BCUT2D eigenvalue weighted by Gasteiger charge is 1.74. The normalized spacial score (nSPS) is 11.3. The van der Waals surface area contributed by atoms with Crippen LogP contribution in [0.3, 0.4) is 0 Å². The van der Waals surface area contributed by atoms with Gasteiger partial charge in [-0.25, -0.2) is 0 Å². The van der Waals surface area contributed by atoms with Gasteiger partial charge in [0.15, 0.2) is 0 Å². The first-order chi connectivity index (χ1) is 3.31. The maximum atomic E-state index is 8.60. The van der Waals surface area contributed by atoms with Gasteiger partial charge in [0.2, 0.25) is 0 Å². The van der Waals surface area contributed by atoms with Crippen LogP contribution in [-0.4, -0.2) is 5.11 Å². The second-order valence-electron chi connectivity index (χ2n) is 1.24. The van der Waals surface area contributed by atoms with Gasteiger partial charge in [-0.1, -0.05) is 13.5 Å². The fraction of sp³-hybridized carbons (Fsp3) is 0.333. The molecule has 1 heteroatoms. The summed E-state index contributed by atoms with van der Waals surface area (Å²) >= 11 is 0. The van der Waals surface area contributed by atoms with Crippen molar-refractivity contribution in [1.29, 1.82) is 0 Å². The highest BCUT2D eigenvalue weighted by Crippen LogP contribution is 1.89. The first-order valence-corrected chi connectivity index (χ1v) is 2.32. The van der Waals surface area contributed by atoms with Crippen molar-refractivity contribution in [3.63, 3.8) is 0 Å². The highest BCUT2D eigenvalue weighted by atomic mass is 16.3. The summed E-state index contributed by atoms with van der Waals surface area (Å²) in [5.74, 6) is 0.266. The van der Waals surface area contributed by atoms with Crippen LogP contribution >= 0.6 is 0 Å². The van der Waals surface area contributed by atoms with Crippen LogP contribution in [0.1, 0.15) is 13.3 Å². The van der Waals surface area contributed by atoms with Gasteiger partial charge in [0.25, 0.3) is 0 Å². The molecule has 40 valence electrons. The standard InChI is InChI=1S/C6H10O/c1-3-5-6(7)4-2/h4-5,7H,2-3H2,1H3/b6-5-. The van der Waals surface area contributed by atoms with Gasteiger partial charge in [-0.2, -0.15) is 0 Å². The Labute approximate surface area is 44.0 Å². The Morgan fingerprint density at radius 2 is 2.43 bits per heavy atom. The van der Waals surface area contributed by atoms with E-state index in [4.69, 9.17) is 5.11 Å². The van der Waals surface area contributed by atoms with Gasteiger partial charge in [0.05, 0.1) is 0 Å². The van der Waals surface area contributed by atoms with E-state index in [9.17, 15) is 0 Å². The lowest BCUT2D eigenvalue weighted by atomic mass is 10.4. The van der Waals surface area contributed by atoms with Crippen molar-refractivity contribution in [2.45, 2.75) is 13.3 Å². The lowest BCUT2D eigenvalue weighted by molar-refractivity contribution is 0.430. The van der Waals surface area contributed by atoms with Gasteiger partial charge in [0, 0.05) is 0 Å². The molecule has 0 aliphatic rings. The number of allylic oxidation sites excluding steroid dienone is 2. The molecule has 0 atom stereocenters. The third-order valence-electron chi connectivity index (χ3n) is 0.622. The maximum absolute atomic E-state index is 8.60. The third kappa shape index (κ3) is 3.10. The van der Waals surface area contributed by atoms with E-state index >= 15 is 0 Å². The Kier molecular flexibility index (Phi) is 3.11. The van der Waals surface area contributed by atoms with E-state index in [0.29, 0.717) is 0 Å². The van der Waals surface area contributed by atoms with Crippen molar-refractivity contribution in [1.82, 2.24) is 0 Å². The lowest BCUT2D eigenvalue weighted by Gasteiger charge is -1.83. The van der Waals surface area contributed by atoms with Crippen molar-refractivity contribution in [2.24, 2.45) is 0 Å². The molecule has 1 N–H and O–H groups in total. The van der Waals surface area contributed by atoms with Crippen LogP contribution in [0.25, 0.3) is 0 Å². The molecule has 0 amide bonds. The third-order valence-corrected chi connectivity index (χ3v) is 0.622. The van der Waals surface area contributed by atoms with E-state index in [1.165, 1.54) is 6.08 Å². The summed E-state index contributed by atoms with van der Waals surface area (Å²) in [6.45, 7) is 5.32. The molecular formula is C6H10O. The van der Waals surface area contributed by atoms with E-state index in [0.717, 1.165) is 6.42 Å². The van der Waals surface area contributed by atoms with Gasteiger partial charge >= 0.3 is 0 Å².